The summed E-state index contributed by atoms with van der Waals surface area (Å²) < 4.78 is 1.63. The Labute approximate surface area is 103 Å². The molecular formula is C11H13N5O2. The van der Waals surface area contributed by atoms with Crippen LogP contribution in [0.25, 0.3) is 5.65 Å². The average molecular weight is 247 g/mol. The highest BCUT2D eigenvalue weighted by atomic mass is 16.4. The minimum absolute atomic E-state index is 0.480. The van der Waals surface area contributed by atoms with Crippen molar-refractivity contribution in [3.63, 3.8) is 0 Å². The summed E-state index contributed by atoms with van der Waals surface area (Å²) in [7, 11) is 0. The quantitative estimate of drug-likeness (QED) is 0.831. The van der Waals surface area contributed by atoms with Crippen LogP contribution in [-0.2, 0) is 4.79 Å². The largest absolute Gasteiger partial charge is 0.480 e. The van der Waals surface area contributed by atoms with Crippen molar-refractivity contribution in [1.29, 1.82) is 0 Å². The van der Waals surface area contributed by atoms with E-state index in [1.54, 1.807) is 16.6 Å². The van der Waals surface area contributed by atoms with E-state index in [0.717, 1.165) is 13.0 Å². The maximum atomic E-state index is 11.2. The van der Waals surface area contributed by atoms with E-state index in [-0.39, 0.29) is 0 Å². The summed E-state index contributed by atoms with van der Waals surface area (Å²) in [6, 6.07) is 3.12. The van der Waals surface area contributed by atoms with Gasteiger partial charge in [0, 0.05) is 6.54 Å². The molecule has 0 saturated carbocycles. The van der Waals surface area contributed by atoms with Crippen molar-refractivity contribution in [1.82, 2.24) is 19.8 Å². The van der Waals surface area contributed by atoms with Gasteiger partial charge in [-0.3, -0.25) is 0 Å². The molecule has 2 aromatic heterocycles. The number of anilines is 1. The standard InChI is InChI=1S/C11H13N5O2/c1-7-12-13-9-4-5-10(14-16(7)9)15-6-2-3-8(15)11(17)18/h4-5,8H,2-3,6H2,1H3,(H,17,18). The molecule has 0 bridgehead atoms. The van der Waals surface area contributed by atoms with Gasteiger partial charge in [-0.2, -0.15) is 4.52 Å². The van der Waals surface area contributed by atoms with E-state index in [4.69, 9.17) is 0 Å². The number of rotatable bonds is 2. The van der Waals surface area contributed by atoms with E-state index in [0.29, 0.717) is 23.7 Å². The molecule has 0 radical (unpaired) electrons. The van der Waals surface area contributed by atoms with Gasteiger partial charge in [0.05, 0.1) is 0 Å². The zero-order chi connectivity index (χ0) is 12.7. The Morgan fingerprint density at radius 1 is 1.44 bits per heavy atom. The first-order valence-electron chi connectivity index (χ1n) is 5.85. The van der Waals surface area contributed by atoms with Crippen LogP contribution >= 0.6 is 0 Å². The lowest BCUT2D eigenvalue weighted by Crippen LogP contribution is -2.36. The molecule has 0 aromatic carbocycles. The number of fused-ring (bicyclic) bond motifs is 1. The molecule has 1 N–H and O–H groups in total. The zero-order valence-electron chi connectivity index (χ0n) is 9.94. The van der Waals surface area contributed by atoms with Crippen molar-refractivity contribution in [3.05, 3.63) is 18.0 Å². The van der Waals surface area contributed by atoms with Crippen LogP contribution in [0.5, 0.6) is 0 Å². The molecule has 3 rings (SSSR count). The minimum atomic E-state index is -0.796. The third-order valence-corrected chi connectivity index (χ3v) is 3.24. The molecule has 0 amide bonds. The summed E-state index contributed by atoms with van der Waals surface area (Å²) in [4.78, 5) is 13.0. The summed E-state index contributed by atoms with van der Waals surface area (Å²) in [5, 5.41) is 21.5. The molecule has 1 atom stereocenters. The molecule has 3 heterocycles. The van der Waals surface area contributed by atoms with E-state index in [1.807, 2.05) is 11.8 Å². The van der Waals surface area contributed by atoms with Gasteiger partial charge in [-0.1, -0.05) is 0 Å². The first-order chi connectivity index (χ1) is 8.66. The molecule has 1 aliphatic rings. The fraction of sp³-hybridized carbons (Fsp3) is 0.455. The van der Waals surface area contributed by atoms with Crippen LogP contribution < -0.4 is 4.90 Å². The lowest BCUT2D eigenvalue weighted by atomic mass is 10.2. The third kappa shape index (κ3) is 1.59. The van der Waals surface area contributed by atoms with Crippen LogP contribution in [-0.4, -0.2) is 43.5 Å². The Morgan fingerprint density at radius 2 is 2.28 bits per heavy atom. The Balaban J connectivity index is 2.03. The summed E-state index contributed by atoms with van der Waals surface area (Å²) in [6.07, 6.45) is 1.54. The van der Waals surface area contributed by atoms with E-state index in [2.05, 4.69) is 15.3 Å². The zero-order valence-corrected chi connectivity index (χ0v) is 9.94. The van der Waals surface area contributed by atoms with Gasteiger partial charge in [-0.05, 0) is 31.9 Å². The van der Waals surface area contributed by atoms with Gasteiger partial charge >= 0.3 is 5.97 Å². The molecular weight excluding hydrogens is 234 g/mol. The van der Waals surface area contributed by atoms with Crippen molar-refractivity contribution in [3.8, 4) is 0 Å². The molecule has 18 heavy (non-hydrogen) atoms. The van der Waals surface area contributed by atoms with Gasteiger partial charge < -0.3 is 10.0 Å². The van der Waals surface area contributed by atoms with E-state index in [1.165, 1.54) is 0 Å². The van der Waals surface area contributed by atoms with E-state index in [9.17, 15) is 9.90 Å². The van der Waals surface area contributed by atoms with Crippen LogP contribution in [0.4, 0.5) is 5.82 Å². The van der Waals surface area contributed by atoms with E-state index < -0.39 is 12.0 Å². The maximum Gasteiger partial charge on any atom is 0.326 e. The first-order valence-corrected chi connectivity index (χ1v) is 5.85. The van der Waals surface area contributed by atoms with Crippen molar-refractivity contribution in [2.75, 3.05) is 11.4 Å². The number of aryl methyl sites for hydroxylation is 1. The second-order valence-electron chi connectivity index (χ2n) is 4.40. The number of aromatic nitrogens is 4. The second-order valence-corrected chi connectivity index (χ2v) is 4.40. The summed E-state index contributed by atoms with van der Waals surface area (Å²) in [6.45, 7) is 2.53. The van der Waals surface area contributed by atoms with Crippen LogP contribution in [0.1, 0.15) is 18.7 Å². The lowest BCUT2D eigenvalue weighted by Gasteiger charge is -2.22. The Morgan fingerprint density at radius 3 is 3.06 bits per heavy atom. The minimum Gasteiger partial charge on any atom is -0.480 e. The summed E-state index contributed by atoms with van der Waals surface area (Å²) >= 11 is 0. The van der Waals surface area contributed by atoms with Gasteiger partial charge in [0.25, 0.3) is 0 Å². The van der Waals surface area contributed by atoms with Crippen LogP contribution in [0.3, 0.4) is 0 Å². The molecule has 2 aromatic rings. The Bertz CT molecular complexity index is 608. The molecule has 0 spiro atoms. The number of hydrogen-bond donors (Lipinski definition) is 1. The van der Waals surface area contributed by atoms with Crippen molar-refractivity contribution in [2.24, 2.45) is 0 Å². The lowest BCUT2D eigenvalue weighted by molar-refractivity contribution is -0.138. The number of carbonyl (C=O) groups is 1. The molecule has 1 aliphatic heterocycles. The number of aliphatic carboxylic acids is 1. The first kappa shape index (κ1) is 10.9. The third-order valence-electron chi connectivity index (χ3n) is 3.24. The Kier molecular flexibility index (Phi) is 2.39. The van der Waals surface area contributed by atoms with Crippen LogP contribution in [0.2, 0.25) is 0 Å². The van der Waals surface area contributed by atoms with Crippen LogP contribution in [0.15, 0.2) is 12.1 Å². The molecule has 94 valence electrons. The van der Waals surface area contributed by atoms with E-state index >= 15 is 0 Å². The SMILES string of the molecule is Cc1nnc2ccc(N3CCCC3C(=O)O)nn12. The van der Waals surface area contributed by atoms with Crippen LogP contribution in [0, 0.1) is 6.92 Å². The fourth-order valence-corrected chi connectivity index (χ4v) is 2.34. The van der Waals surface area contributed by atoms with Crippen molar-refractivity contribution >= 4 is 17.4 Å². The van der Waals surface area contributed by atoms with Gasteiger partial charge in [0.15, 0.2) is 11.5 Å². The highest BCUT2D eigenvalue weighted by Gasteiger charge is 2.31. The highest BCUT2D eigenvalue weighted by molar-refractivity contribution is 5.78. The predicted octanol–water partition coefficient (Wildman–Crippen LogP) is 0.486. The van der Waals surface area contributed by atoms with Gasteiger partial charge in [0.1, 0.15) is 11.9 Å². The molecule has 7 heteroatoms. The van der Waals surface area contributed by atoms with Crippen molar-refractivity contribution in [2.45, 2.75) is 25.8 Å². The summed E-state index contributed by atoms with van der Waals surface area (Å²) in [5.74, 6) is 0.558. The monoisotopic (exact) mass is 247 g/mol. The topological polar surface area (TPSA) is 83.6 Å². The van der Waals surface area contributed by atoms with Crippen molar-refractivity contribution < 1.29 is 9.90 Å². The number of carboxylic acids is 1. The normalized spacial score (nSPS) is 19.6. The average Bonchev–Trinajstić information content (AvgIpc) is 2.96. The summed E-state index contributed by atoms with van der Waals surface area (Å²) in [5.41, 5.74) is 0.669. The number of hydrogen-bond acceptors (Lipinski definition) is 5. The molecule has 1 unspecified atom stereocenters. The smallest absolute Gasteiger partial charge is 0.326 e. The number of carboxylic acid groups (broad SMARTS) is 1. The maximum absolute atomic E-state index is 11.2. The second kappa shape index (κ2) is 3.94. The Hall–Kier alpha value is -2.18. The molecule has 1 saturated heterocycles. The molecule has 1 fully saturated rings. The highest BCUT2D eigenvalue weighted by Crippen LogP contribution is 2.24. The van der Waals surface area contributed by atoms with Gasteiger partial charge in [-0.15, -0.1) is 15.3 Å². The number of nitrogens with zero attached hydrogens (tertiary/aromatic N) is 5. The van der Waals surface area contributed by atoms with Gasteiger partial charge in [0.2, 0.25) is 0 Å². The fourth-order valence-electron chi connectivity index (χ4n) is 2.34. The molecule has 7 nitrogen and oxygen atoms in total. The van der Waals surface area contributed by atoms with Gasteiger partial charge in [-0.25, -0.2) is 4.79 Å². The molecule has 0 aliphatic carbocycles. The predicted molar refractivity (Wildman–Crippen MR) is 63.5 cm³/mol.